The number of nitrogens with one attached hydrogen (secondary N) is 1. The van der Waals surface area contributed by atoms with Crippen molar-refractivity contribution in [1.82, 2.24) is 5.32 Å². The summed E-state index contributed by atoms with van der Waals surface area (Å²) in [6, 6.07) is 0.263. The molecule has 0 bridgehead atoms. The highest BCUT2D eigenvalue weighted by molar-refractivity contribution is 5.50. The van der Waals surface area contributed by atoms with Crippen molar-refractivity contribution in [1.29, 1.82) is 0 Å². The van der Waals surface area contributed by atoms with Crippen molar-refractivity contribution in [2.45, 2.75) is 26.3 Å². The maximum absolute atomic E-state index is 9.91. The van der Waals surface area contributed by atoms with E-state index in [4.69, 9.17) is 0 Å². The Balaban J connectivity index is 3.25. The zero-order valence-electron chi connectivity index (χ0n) is 5.92. The highest BCUT2D eigenvalue weighted by atomic mass is 16.1. The van der Waals surface area contributed by atoms with Crippen LogP contribution in [0.15, 0.2) is 12.3 Å². The monoisotopic (exact) mass is 127 g/mol. The van der Waals surface area contributed by atoms with Gasteiger partial charge in [0.25, 0.3) is 0 Å². The van der Waals surface area contributed by atoms with Gasteiger partial charge in [-0.3, -0.25) is 0 Å². The Kier molecular flexibility index (Phi) is 4.88. The standard InChI is InChI=1S/C7H13NO/c1-3-5-8-7(2)4-6-9/h3,5-8H,4H2,1-2H3/b5-3+. The molecule has 0 heterocycles. The summed E-state index contributed by atoms with van der Waals surface area (Å²) in [5.74, 6) is 0. The average Bonchev–Trinajstić information content (AvgIpc) is 1.85. The topological polar surface area (TPSA) is 29.1 Å². The maximum atomic E-state index is 9.91. The van der Waals surface area contributed by atoms with Gasteiger partial charge in [-0.1, -0.05) is 6.08 Å². The first-order valence-electron chi connectivity index (χ1n) is 3.12. The molecule has 0 rings (SSSR count). The van der Waals surface area contributed by atoms with Crippen LogP contribution in [0.1, 0.15) is 20.3 Å². The highest BCUT2D eigenvalue weighted by Crippen LogP contribution is 1.84. The molecule has 0 aromatic rings. The number of rotatable bonds is 4. The van der Waals surface area contributed by atoms with E-state index in [1.165, 1.54) is 0 Å². The first kappa shape index (κ1) is 8.21. The van der Waals surface area contributed by atoms with E-state index in [0.29, 0.717) is 6.42 Å². The number of carbonyl (C=O) groups is 1. The highest BCUT2D eigenvalue weighted by Gasteiger charge is 1.93. The number of hydrogen-bond donors (Lipinski definition) is 1. The molecular weight excluding hydrogens is 114 g/mol. The van der Waals surface area contributed by atoms with Crippen LogP contribution in [-0.4, -0.2) is 12.3 Å². The van der Waals surface area contributed by atoms with E-state index in [2.05, 4.69) is 5.32 Å². The zero-order chi connectivity index (χ0) is 7.11. The lowest BCUT2D eigenvalue weighted by molar-refractivity contribution is -0.108. The molecule has 2 nitrogen and oxygen atoms in total. The van der Waals surface area contributed by atoms with Crippen LogP contribution < -0.4 is 5.32 Å². The largest absolute Gasteiger partial charge is 0.388 e. The quantitative estimate of drug-likeness (QED) is 0.573. The van der Waals surface area contributed by atoms with Crippen molar-refractivity contribution in [2.24, 2.45) is 0 Å². The van der Waals surface area contributed by atoms with Gasteiger partial charge in [-0.15, -0.1) is 0 Å². The van der Waals surface area contributed by atoms with Crippen molar-refractivity contribution in [3.8, 4) is 0 Å². The summed E-state index contributed by atoms with van der Waals surface area (Å²) in [5, 5.41) is 3.02. The molecule has 0 aliphatic rings. The minimum absolute atomic E-state index is 0.263. The molecule has 0 amide bonds. The molecule has 9 heavy (non-hydrogen) atoms. The molecule has 2 heteroatoms. The Hall–Kier alpha value is -0.790. The number of aldehydes is 1. The maximum Gasteiger partial charge on any atom is 0.122 e. The van der Waals surface area contributed by atoms with Crippen molar-refractivity contribution >= 4 is 6.29 Å². The minimum Gasteiger partial charge on any atom is -0.388 e. The first-order valence-corrected chi connectivity index (χ1v) is 3.12. The molecule has 0 aromatic heterocycles. The van der Waals surface area contributed by atoms with Gasteiger partial charge in [0.2, 0.25) is 0 Å². The van der Waals surface area contributed by atoms with Gasteiger partial charge in [0.15, 0.2) is 0 Å². The second-order valence-corrected chi connectivity index (χ2v) is 1.97. The lowest BCUT2D eigenvalue weighted by Gasteiger charge is -2.05. The van der Waals surface area contributed by atoms with Crippen LogP contribution in [0.4, 0.5) is 0 Å². The van der Waals surface area contributed by atoms with Crippen LogP contribution in [0.25, 0.3) is 0 Å². The molecule has 1 atom stereocenters. The van der Waals surface area contributed by atoms with Crippen LogP contribution in [0.3, 0.4) is 0 Å². The van der Waals surface area contributed by atoms with Gasteiger partial charge in [0, 0.05) is 12.5 Å². The third-order valence-corrected chi connectivity index (χ3v) is 0.997. The second kappa shape index (κ2) is 5.35. The molecule has 0 aromatic carbocycles. The van der Waals surface area contributed by atoms with Crippen molar-refractivity contribution in [2.75, 3.05) is 0 Å². The normalized spacial score (nSPS) is 13.6. The van der Waals surface area contributed by atoms with Crippen molar-refractivity contribution in [3.05, 3.63) is 12.3 Å². The summed E-state index contributed by atoms with van der Waals surface area (Å²) in [6.07, 6.45) is 5.24. The summed E-state index contributed by atoms with van der Waals surface area (Å²) >= 11 is 0. The summed E-state index contributed by atoms with van der Waals surface area (Å²) < 4.78 is 0. The molecule has 0 aliphatic carbocycles. The van der Waals surface area contributed by atoms with Crippen molar-refractivity contribution in [3.63, 3.8) is 0 Å². The number of hydrogen-bond acceptors (Lipinski definition) is 2. The molecule has 0 saturated heterocycles. The smallest absolute Gasteiger partial charge is 0.122 e. The van der Waals surface area contributed by atoms with Gasteiger partial charge in [-0.25, -0.2) is 0 Å². The molecule has 0 aliphatic heterocycles. The lowest BCUT2D eigenvalue weighted by atomic mass is 10.3. The SMILES string of the molecule is C/C=C/NC(C)CC=O. The Bertz CT molecular complexity index is 99.1. The fourth-order valence-electron chi connectivity index (χ4n) is 0.473. The molecule has 1 N–H and O–H groups in total. The third kappa shape index (κ3) is 5.07. The summed E-state index contributed by atoms with van der Waals surface area (Å²) in [7, 11) is 0. The average molecular weight is 127 g/mol. The van der Waals surface area contributed by atoms with E-state index in [1.807, 2.05) is 26.1 Å². The Labute approximate surface area is 56.0 Å². The van der Waals surface area contributed by atoms with Crippen molar-refractivity contribution < 1.29 is 4.79 Å². The van der Waals surface area contributed by atoms with Crippen LogP contribution in [0.5, 0.6) is 0 Å². The van der Waals surface area contributed by atoms with Gasteiger partial charge >= 0.3 is 0 Å². The van der Waals surface area contributed by atoms with Gasteiger partial charge < -0.3 is 10.1 Å². The summed E-state index contributed by atoms with van der Waals surface area (Å²) in [6.45, 7) is 3.90. The lowest BCUT2D eigenvalue weighted by Crippen LogP contribution is -2.20. The molecule has 52 valence electrons. The van der Waals surface area contributed by atoms with E-state index >= 15 is 0 Å². The van der Waals surface area contributed by atoms with Crippen LogP contribution in [0.2, 0.25) is 0 Å². The molecule has 0 fully saturated rings. The molecule has 0 radical (unpaired) electrons. The van der Waals surface area contributed by atoms with E-state index in [-0.39, 0.29) is 6.04 Å². The van der Waals surface area contributed by atoms with E-state index in [0.717, 1.165) is 6.29 Å². The predicted octanol–water partition coefficient (Wildman–Crippen LogP) is 1.09. The van der Waals surface area contributed by atoms with E-state index < -0.39 is 0 Å². The third-order valence-electron chi connectivity index (χ3n) is 0.997. The van der Waals surface area contributed by atoms with Gasteiger partial charge in [0.1, 0.15) is 6.29 Å². The van der Waals surface area contributed by atoms with Crippen LogP contribution >= 0.6 is 0 Å². The number of allylic oxidation sites excluding steroid dienone is 1. The second-order valence-electron chi connectivity index (χ2n) is 1.97. The van der Waals surface area contributed by atoms with Crippen LogP contribution in [-0.2, 0) is 4.79 Å². The van der Waals surface area contributed by atoms with Gasteiger partial charge in [0.05, 0.1) is 0 Å². The molecule has 0 saturated carbocycles. The van der Waals surface area contributed by atoms with Gasteiger partial charge in [-0.2, -0.15) is 0 Å². The minimum atomic E-state index is 0.263. The Morgan fingerprint density at radius 2 is 2.33 bits per heavy atom. The molecule has 0 spiro atoms. The number of carbonyl (C=O) groups excluding carboxylic acids is 1. The summed E-state index contributed by atoms with van der Waals surface area (Å²) in [5.41, 5.74) is 0. The zero-order valence-corrected chi connectivity index (χ0v) is 5.92. The molecular formula is C7H13NO. The van der Waals surface area contributed by atoms with Crippen LogP contribution in [0, 0.1) is 0 Å². The summed E-state index contributed by atoms with van der Waals surface area (Å²) in [4.78, 5) is 9.91. The molecule has 1 unspecified atom stereocenters. The van der Waals surface area contributed by atoms with Gasteiger partial charge in [-0.05, 0) is 20.0 Å². The fourth-order valence-corrected chi connectivity index (χ4v) is 0.473. The predicted molar refractivity (Wildman–Crippen MR) is 38.1 cm³/mol. The van der Waals surface area contributed by atoms with E-state index in [9.17, 15) is 4.79 Å². The van der Waals surface area contributed by atoms with E-state index in [1.54, 1.807) is 0 Å². The fraction of sp³-hybridized carbons (Fsp3) is 0.571. The Morgan fingerprint density at radius 1 is 1.67 bits per heavy atom. The Morgan fingerprint density at radius 3 is 2.78 bits per heavy atom. The first-order chi connectivity index (χ1) is 4.31.